The summed E-state index contributed by atoms with van der Waals surface area (Å²) in [5.41, 5.74) is 2.41. The number of hydrogen-bond donors (Lipinski definition) is 1. The first-order valence-corrected chi connectivity index (χ1v) is 6.36. The third-order valence-electron chi connectivity index (χ3n) is 3.69. The highest BCUT2D eigenvalue weighted by molar-refractivity contribution is 5.18. The first kappa shape index (κ1) is 11.6. The van der Waals surface area contributed by atoms with Crippen molar-refractivity contribution in [3.8, 4) is 0 Å². The molecule has 1 heterocycles. The van der Waals surface area contributed by atoms with E-state index in [9.17, 15) is 5.11 Å². The number of aromatic nitrogens is 1. The molecule has 0 radical (unpaired) electrons. The summed E-state index contributed by atoms with van der Waals surface area (Å²) in [5, 5.41) is 10.1. The molecule has 2 unspecified atom stereocenters. The zero-order chi connectivity index (χ0) is 11.4. The Hall–Kier alpha value is -0.890. The van der Waals surface area contributed by atoms with Gasteiger partial charge < -0.3 is 5.11 Å². The molecular weight excluding hydrogens is 198 g/mol. The summed E-state index contributed by atoms with van der Waals surface area (Å²) < 4.78 is 0. The molecule has 2 heteroatoms. The largest absolute Gasteiger partial charge is 0.393 e. The van der Waals surface area contributed by atoms with E-state index in [1.165, 1.54) is 24.8 Å². The topological polar surface area (TPSA) is 33.1 Å². The van der Waals surface area contributed by atoms with Gasteiger partial charge in [0, 0.05) is 11.9 Å². The minimum Gasteiger partial charge on any atom is -0.393 e. The van der Waals surface area contributed by atoms with Gasteiger partial charge in [0.25, 0.3) is 0 Å². The molecule has 88 valence electrons. The summed E-state index contributed by atoms with van der Waals surface area (Å²) in [6.45, 7) is 2.10. The van der Waals surface area contributed by atoms with Crippen LogP contribution in [0.2, 0.25) is 0 Å². The van der Waals surface area contributed by atoms with Crippen LogP contribution in [-0.2, 0) is 6.42 Å². The lowest BCUT2D eigenvalue weighted by molar-refractivity contribution is 0.100. The maximum atomic E-state index is 10.1. The molecule has 0 aromatic carbocycles. The monoisotopic (exact) mass is 219 g/mol. The van der Waals surface area contributed by atoms with E-state index in [4.69, 9.17) is 0 Å². The van der Waals surface area contributed by atoms with Crippen molar-refractivity contribution in [1.82, 2.24) is 4.98 Å². The quantitative estimate of drug-likeness (QED) is 0.776. The minimum absolute atomic E-state index is 0.121. The molecule has 1 aromatic rings. The predicted octanol–water partition coefficient (Wildman–Crippen LogP) is 2.87. The second-order valence-corrected chi connectivity index (χ2v) is 4.94. The molecule has 1 aliphatic rings. The summed E-state index contributed by atoms with van der Waals surface area (Å²) in [5.74, 6) is 0.413. The lowest BCUT2D eigenvalue weighted by Gasteiger charge is -2.20. The molecular formula is C14H21NO. The molecule has 1 fully saturated rings. The molecule has 2 rings (SSSR count). The van der Waals surface area contributed by atoms with Gasteiger partial charge in [-0.25, -0.2) is 0 Å². The van der Waals surface area contributed by atoms with Crippen molar-refractivity contribution in [3.63, 3.8) is 0 Å². The Bertz CT molecular complexity index is 337. The van der Waals surface area contributed by atoms with Crippen molar-refractivity contribution in [2.45, 2.75) is 51.6 Å². The maximum absolute atomic E-state index is 10.1. The van der Waals surface area contributed by atoms with Crippen LogP contribution < -0.4 is 0 Å². The number of pyridine rings is 1. The molecule has 2 nitrogen and oxygen atoms in total. The number of hydrogen-bond acceptors (Lipinski definition) is 2. The van der Waals surface area contributed by atoms with Gasteiger partial charge >= 0.3 is 0 Å². The second-order valence-electron chi connectivity index (χ2n) is 4.94. The van der Waals surface area contributed by atoms with E-state index in [2.05, 4.69) is 18.0 Å². The molecule has 1 aromatic heterocycles. The van der Waals surface area contributed by atoms with Crippen LogP contribution in [0.4, 0.5) is 0 Å². The summed E-state index contributed by atoms with van der Waals surface area (Å²) >= 11 is 0. The van der Waals surface area contributed by atoms with Gasteiger partial charge in [-0.2, -0.15) is 0 Å². The molecule has 0 aliphatic heterocycles. The van der Waals surface area contributed by atoms with Crippen LogP contribution in [0.1, 0.15) is 43.4 Å². The van der Waals surface area contributed by atoms with Gasteiger partial charge in [0.1, 0.15) is 0 Å². The minimum atomic E-state index is -0.121. The van der Waals surface area contributed by atoms with E-state index in [1.807, 2.05) is 12.3 Å². The Kier molecular flexibility index (Phi) is 3.94. The van der Waals surface area contributed by atoms with Crippen LogP contribution in [0, 0.1) is 12.8 Å². The highest BCUT2D eigenvalue weighted by atomic mass is 16.3. The predicted molar refractivity (Wildman–Crippen MR) is 65.3 cm³/mol. The van der Waals surface area contributed by atoms with Gasteiger partial charge in [-0.15, -0.1) is 0 Å². The van der Waals surface area contributed by atoms with Gasteiger partial charge in [0.15, 0.2) is 0 Å². The van der Waals surface area contributed by atoms with Gasteiger partial charge in [0.05, 0.1) is 6.10 Å². The number of aryl methyl sites for hydroxylation is 1. The van der Waals surface area contributed by atoms with Crippen molar-refractivity contribution >= 4 is 0 Å². The lowest BCUT2D eigenvalue weighted by Crippen LogP contribution is -2.21. The van der Waals surface area contributed by atoms with E-state index in [-0.39, 0.29) is 6.10 Å². The Morgan fingerprint density at radius 3 is 2.94 bits per heavy atom. The lowest BCUT2D eigenvalue weighted by atomic mass is 9.91. The summed E-state index contributed by atoms with van der Waals surface area (Å²) in [4.78, 5) is 4.43. The van der Waals surface area contributed by atoms with Crippen LogP contribution in [-0.4, -0.2) is 16.2 Å². The molecule has 0 bridgehead atoms. The summed E-state index contributed by atoms with van der Waals surface area (Å²) in [6, 6.07) is 4.08. The Labute approximate surface area is 97.7 Å². The third kappa shape index (κ3) is 2.82. The molecule has 1 N–H and O–H groups in total. The Balaban J connectivity index is 2.05. The van der Waals surface area contributed by atoms with Gasteiger partial charge in [-0.1, -0.05) is 25.3 Å². The highest BCUT2D eigenvalue weighted by Gasteiger charge is 2.22. The van der Waals surface area contributed by atoms with Crippen molar-refractivity contribution in [2.75, 3.05) is 0 Å². The van der Waals surface area contributed by atoms with Crippen LogP contribution in [0.5, 0.6) is 0 Å². The average Bonchev–Trinajstić information content (AvgIpc) is 2.48. The van der Waals surface area contributed by atoms with E-state index in [1.54, 1.807) is 0 Å². The zero-order valence-electron chi connectivity index (χ0n) is 10.0. The number of aliphatic hydroxyl groups excluding tert-OH is 1. The zero-order valence-corrected chi connectivity index (χ0v) is 10.0. The fourth-order valence-electron chi connectivity index (χ4n) is 2.58. The Morgan fingerprint density at radius 2 is 2.12 bits per heavy atom. The normalized spacial score (nSPS) is 26.4. The fourth-order valence-corrected chi connectivity index (χ4v) is 2.58. The smallest absolute Gasteiger partial charge is 0.0572 e. The number of aliphatic hydroxyl groups is 1. The molecule has 0 amide bonds. The van der Waals surface area contributed by atoms with Gasteiger partial charge in [0.2, 0.25) is 0 Å². The third-order valence-corrected chi connectivity index (χ3v) is 3.69. The molecule has 2 atom stereocenters. The van der Waals surface area contributed by atoms with Crippen LogP contribution in [0.25, 0.3) is 0 Å². The molecule has 1 saturated carbocycles. The number of nitrogens with zero attached hydrogens (tertiary/aromatic N) is 1. The summed E-state index contributed by atoms with van der Waals surface area (Å²) in [7, 11) is 0. The SMILES string of the molecule is Cc1cccnc1CC1CCCCCC1O. The molecule has 16 heavy (non-hydrogen) atoms. The average molecular weight is 219 g/mol. The van der Waals surface area contributed by atoms with E-state index in [0.29, 0.717) is 5.92 Å². The summed E-state index contributed by atoms with van der Waals surface area (Å²) in [6.07, 6.45) is 8.50. The van der Waals surface area contributed by atoms with Crippen molar-refractivity contribution in [1.29, 1.82) is 0 Å². The van der Waals surface area contributed by atoms with Crippen molar-refractivity contribution < 1.29 is 5.11 Å². The fraction of sp³-hybridized carbons (Fsp3) is 0.643. The van der Waals surface area contributed by atoms with E-state index >= 15 is 0 Å². The van der Waals surface area contributed by atoms with Crippen molar-refractivity contribution in [2.24, 2.45) is 5.92 Å². The van der Waals surface area contributed by atoms with Crippen LogP contribution >= 0.6 is 0 Å². The second kappa shape index (κ2) is 5.44. The van der Waals surface area contributed by atoms with E-state index in [0.717, 1.165) is 25.0 Å². The highest BCUT2D eigenvalue weighted by Crippen LogP contribution is 2.26. The molecule has 1 aliphatic carbocycles. The van der Waals surface area contributed by atoms with Crippen LogP contribution in [0.3, 0.4) is 0 Å². The Morgan fingerprint density at radius 1 is 1.31 bits per heavy atom. The first-order chi connectivity index (χ1) is 7.77. The van der Waals surface area contributed by atoms with Gasteiger partial charge in [-0.05, 0) is 43.7 Å². The van der Waals surface area contributed by atoms with Crippen molar-refractivity contribution in [3.05, 3.63) is 29.6 Å². The number of rotatable bonds is 2. The molecule has 0 spiro atoms. The molecule has 0 saturated heterocycles. The van der Waals surface area contributed by atoms with Crippen LogP contribution in [0.15, 0.2) is 18.3 Å². The standard InChI is InChI=1S/C14H21NO/c1-11-6-5-9-15-13(11)10-12-7-3-2-4-8-14(12)16/h5-6,9,12,14,16H,2-4,7-8,10H2,1H3. The maximum Gasteiger partial charge on any atom is 0.0572 e. The van der Waals surface area contributed by atoms with E-state index < -0.39 is 0 Å². The first-order valence-electron chi connectivity index (χ1n) is 6.36. The van der Waals surface area contributed by atoms with Gasteiger partial charge in [-0.3, -0.25) is 4.98 Å².